The van der Waals surface area contributed by atoms with Gasteiger partial charge in [-0.1, -0.05) is 30.3 Å². The molecule has 1 unspecified atom stereocenters. The van der Waals surface area contributed by atoms with Crippen LogP contribution in [-0.4, -0.2) is 46.3 Å². The van der Waals surface area contributed by atoms with Gasteiger partial charge in [0.2, 0.25) is 5.91 Å². The first-order chi connectivity index (χ1) is 11.3. The van der Waals surface area contributed by atoms with Crippen LogP contribution in [0.15, 0.2) is 30.3 Å². The SMILES string of the molecule is CC(C)N(C(=O)CN1C(=O)NC(C)(c2ccccc2)C1=O)C1CC1. The summed E-state index contributed by atoms with van der Waals surface area (Å²) in [5, 5.41) is 2.73. The van der Waals surface area contributed by atoms with E-state index in [2.05, 4.69) is 5.32 Å². The molecule has 4 amide bonds. The van der Waals surface area contributed by atoms with Crippen LogP contribution >= 0.6 is 0 Å². The van der Waals surface area contributed by atoms with E-state index in [1.165, 1.54) is 0 Å². The first kappa shape index (κ1) is 16.5. The molecule has 0 bridgehead atoms. The van der Waals surface area contributed by atoms with Crippen molar-refractivity contribution in [1.82, 2.24) is 15.1 Å². The van der Waals surface area contributed by atoms with Gasteiger partial charge in [0.1, 0.15) is 12.1 Å². The zero-order valence-electron chi connectivity index (χ0n) is 14.3. The summed E-state index contributed by atoms with van der Waals surface area (Å²) in [5.41, 5.74) is -0.415. The summed E-state index contributed by atoms with van der Waals surface area (Å²) in [5.74, 6) is -0.556. The molecule has 1 aromatic rings. The number of benzene rings is 1. The Bertz CT molecular complexity index is 667. The number of urea groups is 1. The Labute approximate surface area is 141 Å². The normalized spacial score (nSPS) is 23.6. The molecular weight excluding hydrogens is 306 g/mol. The summed E-state index contributed by atoms with van der Waals surface area (Å²) < 4.78 is 0. The van der Waals surface area contributed by atoms with Crippen LogP contribution in [0.4, 0.5) is 4.79 Å². The third kappa shape index (κ3) is 2.77. The molecule has 1 aromatic carbocycles. The first-order valence-electron chi connectivity index (χ1n) is 8.35. The van der Waals surface area contributed by atoms with E-state index in [0.29, 0.717) is 5.56 Å². The standard InChI is InChI=1S/C18H23N3O3/c1-12(2)21(14-9-10-14)15(22)11-20-16(23)18(3,19-17(20)24)13-7-5-4-6-8-13/h4-8,12,14H,9-11H2,1-3H3,(H,19,24). The molecule has 2 aliphatic rings. The molecule has 1 N–H and O–H groups in total. The van der Waals surface area contributed by atoms with E-state index in [4.69, 9.17) is 0 Å². The highest BCUT2D eigenvalue weighted by Gasteiger charge is 2.50. The maximum absolute atomic E-state index is 12.8. The van der Waals surface area contributed by atoms with Crippen molar-refractivity contribution >= 4 is 17.8 Å². The zero-order valence-corrected chi connectivity index (χ0v) is 14.3. The summed E-state index contributed by atoms with van der Waals surface area (Å²) in [6, 6.07) is 8.89. The molecule has 24 heavy (non-hydrogen) atoms. The van der Waals surface area contributed by atoms with E-state index < -0.39 is 11.6 Å². The summed E-state index contributed by atoms with van der Waals surface area (Å²) in [4.78, 5) is 40.6. The fourth-order valence-electron chi connectivity index (χ4n) is 3.29. The predicted molar refractivity (Wildman–Crippen MR) is 89.0 cm³/mol. The van der Waals surface area contributed by atoms with Crippen molar-refractivity contribution in [2.24, 2.45) is 0 Å². The van der Waals surface area contributed by atoms with Crippen LogP contribution in [0.3, 0.4) is 0 Å². The van der Waals surface area contributed by atoms with E-state index in [0.717, 1.165) is 17.7 Å². The molecule has 0 spiro atoms. The molecule has 3 rings (SSSR count). The van der Waals surface area contributed by atoms with Crippen LogP contribution in [0.1, 0.15) is 39.2 Å². The van der Waals surface area contributed by atoms with Gasteiger partial charge in [-0.2, -0.15) is 0 Å². The van der Waals surface area contributed by atoms with E-state index in [-0.39, 0.29) is 30.4 Å². The molecule has 2 fully saturated rings. The Morgan fingerprint density at radius 2 is 1.92 bits per heavy atom. The molecule has 6 nitrogen and oxygen atoms in total. The second kappa shape index (κ2) is 5.92. The monoisotopic (exact) mass is 329 g/mol. The molecule has 1 heterocycles. The Hall–Kier alpha value is -2.37. The fourth-order valence-corrected chi connectivity index (χ4v) is 3.29. The molecule has 6 heteroatoms. The van der Waals surface area contributed by atoms with Gasteiger partial charge >= 0.3 is 6.03 Å². The number of hydrogen-bond donors (Lipinski definition) is 1. The second-order valence-corrected chi connectivity index (χ2v) is 6.94. The maximum atomic E-state index is 12.8. The van der Waals surface area contributed by atoms with Gasteiger partial charge in [-0.25, -0.2) is 4.79 Å². The van der Waals surface area contributed by atoms with Crippen LogP contribution in [-0.2, 0) is 15.1 Å². The minimum absolute atomic E-state index is 0.0614. The molecular formula is C18H23N3O3. The maximum Gasteiger partial charge on any atom is 0.325 e. The second-order valence-electron chi connectivity index (χ2n) is 6.94. The van der Waals surface area contributed by atoms with Gasteiger partial charge in [0.15, 0.2) is 0 Å². The summed E-state index contributed by atoms with van der Waals surface area (Å²) in [6.07, 6.45) is 1.98. The zero-order chi connectivity index (χ0) is 17.5. The van der Waals surface area contributed by atoms with E-state index >= 15 is 0 Å². The lowest BCUT2D eigenvalue weighted by atomic mass is 9.92. The van der Waals surface area contributed by atoms with E-state index in [1.807, 2.05) is 32.0 Å². The Morgan fingerprint density at radius 1 is 1.29 bits per heavy atom. The van der Waals surface area contributed by atoms with Crippen LogP contribution < -0.4 is 5.32 Å². The number of nitrogens with zero attached hydrogens (tertiary/aromatic N) is 2. The summed E-state index contributed by atoms with van der Waals surface area (Å²) in [7, 11) is 0. The van der Waals surface area contributed by atoms with Crippen LogP contribution in [0.5, 0.6) is 0 Å². The highest BCUT2D eigenvalue weighted by atomic mass is 16.2. The van der Waals surface area contributed by atoms with Gasteiger partial charge in [-0.3, -0.25) is 14.5 Å². The highest BCUT2D eigenvalue weighted by molar-refractivity contribution is 6.09. The summed E-state index contributed by atoms with van der Waals surface area (Å²) in [6.45, 7) is 5.38. The van der Waals surface area contributed by atoms with Gasteiger partial charge in [-0.05, 0) is 39.2 Å². The lowest BCUT2D eigenvalue weighted by Gasteiger charge is -2.28. The van der Waals surface area contributed by atoms with Gasteiger partial charge in [0, 0.05) is 12.1 Å². The van der Waals surface area contributed by atoms with Crippen molar-refractivity contribution in [2.45, 2.75) is 51.2 Å². The van der Waals surface area contributed by atoms with Gasteiger partial charge in [0.05, 0.1) is 0 Å². The molecule has 0 radical (unpaired) electrons. The summed E-state index contributed by atoms with van der Waals surface area (Å²) >= 11 is 0. The lowest BCUT2D eigenvalue weighted by Crippen LogP contribution is -2.47. The molecule has 128 valence electrons. The third-order valence-electron chi connectivity index (χ3n) is 4.70. The fraction of sp³-hybridized carbons (Fsp3) is 0.500. The number of nitrogens with one attached hydrogen (secondary N) is 1. The number of carbonyl (C=O) groups is 3. The van der Waals surface area contributed by atoms with Crippen molar-refractivity contribution in [1.29, 1.82) is 0 Å². The first-order valence-corrected chi connectivity index (χ1v) is 8.35. The molecule has 0 aromatic heterocycles. The van der Waals surface area contributed by atoms with Gasteiger partial charge < -0.3 is 10.2 Å². The largest absolute Gasteiger partial charge is 0.336 e. The topological polar surface area (TPSA) is 69.7 Å². The van der Waals surface area contributed by atoms with E-state index in [9.17, 15) is 14.4 Å². The quantitative estimate of drug-likeness (QED) is 0.838. The predicted octanol–water partition coefficient (Wildman–Crippen LogP) is 1.85. The number of amides is 4. The van der Waals surface area contributed by atoms with Crippen molar-refractivity contribution in [3.8, 4) is 0 Å². The van der Waals surface area contributed by atoms with Crippen molar-refractivity contribution in [2.75, 3.05) is 6.54 Å². The molecule has 1 saturated carbocycles. The Morgan fingerprint density at radius 3 is 2.46 bits per heavy atom. The van der Waals surface area contributed by atoms with Crippen LogP contribution in [0, 0.1) is 0 Å². The molecule has 1 saturated heterocycles. The van der Waals surface area contributed by atoms with Crippen LogP contribution in [0.25, 0.3) is 0 Å². The van der Waals surface area contributed by atoms with Crippen molar-refractivity contribution in [3.63, 3.8) is 0 Å². The smallest absolute Gasteiger partial charge is 0.325 e. The number of hydrogen-bond acceptors (Lipinski definition) is 3. The van der Waals surface area contributed by atoms with Crippen LogP contribution in [0.2, 0.25) is 0 Å². The lowest BCUT2D eigenvalue weighted by molar-refractivity contribution is -0.140. The van der Waals surface area contributed by atoms with Gasteiger partial charge in [0.25, 0.3) is 5.91 Å². The van der Waals surface area contributed by atoms with E-state index in [1.54, 1.807) is 24.0 Å². The van der Waals surface area contributed by atoms with Crippen molar-refractivity contribution < 1.29 is 14.4 Å². The average Bonchev–Trinajstić information content (AvgIpc) is 3.33. The molecule has 1 aliphatic carbocycles. The minimum atomic E-state index is -1.12. The molecule has 1 aliphatic heterocycles. The molecule has 1 atom stereocenters. The van der Waals surface area contributed by atoms with Gasteiger partial charge in [-0.15, -0.1) is 0 Å². The third-order valence-corrected chi connectivity index (χ3v) is 4.70. The average molecular weight is 329 g/mol. The number of rotatable bonds is 5. The van der Waals surface area contributed by atoms with Crippen molar-refractivity contribution in [3.05, 3.63) is 35.9 Å². The highest BCUT2D eigenvalue weighted by Crippen LogP contribution is 2.31. The minimum Gasteiger partial charge on any atom is -0.336 e. The number of imide groups is 1. The Balaban J connectivity index is 1.78. The Kier molecular flexibility index (Phi) is 4.07. The number of carbonyl (C=O) groups excluding carboxylic acids is 3.